The summed E-state index contributed by atoms with van der Waals surface area (Å²) in [5.41, 5.74) is 0.487. The molecule has 1 aliphatic rings. The minimum Gasteiger partial charge on any atom is -0.331 e. The van der Waals surface area contributed by atoms with Crippen molar-refractivity contribution in [1.29, 1.82) is 0 Å². The highest BCUT2D eigenvalue weighted by molar-refractivity contribution is 9.10. The van der Waals surface area contributed by atoms with Gasteiger partial charge in [0.25, 0.3) is 0 Å². The Hall–Kier alpha value is -1.16. The van der Waals surface area contributed by atoms with Crippen LogP contribution in [0.4, 0.5) is 0 Å². The largest absolute Gasteiger partial charge is 0.331 e. The molecule has 0 atom stereocenters. The number of benzene rings is 1. The molecule has 108 valence electrons. The number of hydrogen-bond donors (Lipinski definition) is 0. The molecule has 0 aromatic heterocycles. The zero-order valence-electron chi connectivity index (χ0n) is 12.0. The predicted octanol–water partition coefficient (Wildman–Crippen LogP) is 3.35. The highest BCUT2D eigenvalue weighted by atomic mass is 79.9. The molecule has 1 amide bonds. The molecule has 0 unspecified atom stereocenters. The van der Waals surface area contributed by atoms with Gasteiger partial charge in [0.05, 0.1) is 5.54 Å². The molecule has 0 N–H and O–H groups in total. The van der Waals surface area contributed by atoms with Gasteiger partial charge in [0.1, 0.15) is 0 Å². The van der Waals surface area contributed by atoms with E-state index in [9.17, 15) is 9.59 Å². The van der Waals surface area contributed by atoms with Gasteiger partial charge in [0.2, 0.25) is 5.91 Å². The molecule has 0 bridgehead atoms. The second kappa shape index (κ2) is 6.08. The zero-order chi connectivity index (χ0) is 14.8. The third-order valence-corrected chi connectivity index (χ3v) is 4.45. The van der Waals surface area contributed by atoms with Crippen LogP contribution in [0.2, 0.25) is 0 Å². The molecule has 1 fully saturated rings. The summed E-state index contributed by atoms with van der Waals surface area (Å²) in [5, 5.41) is 0. The van der Waals surface area contributed by atoms with Gasteiger partial charge < -0.3 is 4.90 Å². The van der Waals surface area contributed by atoms with Gasteiger partial charge in [0.15, 0.2) is 5.78 Å². The molecule has 1 heterocycles. The Morgan fingerprint density at radius 2 is 2.15 bits per heavy atom. The van der Waals surface area contributed by atoms with Crippen molar-refractivity contribution >= 4 is 27.6 Å². The van der Waals surface area contributed by atoms with Gasteiger partial charge in [-0.3, -0.25) is 9.59 Å². The molecule has 3 nitrogen and oxygen atoms in total. The summed E-state index contributed by atoms with van der Waals surface area (Å²) in [5.74, 6) is 0.239. The standard InChI is InChI=1S/C16H20BrNO2/c1-16(2)14(19)7-4-10-18(16)15(20)9-8-12-5-3-6-13(17)11-12/h3,5-6,11H,4,7-10H2,1-2H3. The highest BCUT2D eigenvalue weighted by Gasteiger charge is 2.39. The quantitative estimate of drug-likeness (QED) is 0.848. The first-order valence-electron chi connectivity index (χ1n) is 6.99. The second-order valence-corrected chi connectivity index (χ2v) is 6.68. The number of halogens is 1. The van der Waals surface area contributed by atoms with Crippen LogP contribution in [0.3, 0.4) is 0 Å². The van der Waals surface area contributed by atoms with E-state index in [0.29, 0.717) is 25.8 Å². The molecule has 0 spiro atoms. The fourth-order valence-electron chi connectivity index (χ4n) is 2.65. The van der Waals surface area contributed by atoms with E-state index in [1.54, 1.807) is 4.90 Å². The summed E-state index contributed by atoms with van der Waals surface area (Å²) in [6.45, 7) is 4.40. The van der Waals surface area contributed by atoms with Crippen molar-refractivity contribution in [3.05, 3.63) is 34.3 Å². The first-order chi connectivity index (χ1) is 9.41. The number of hydrogen-bond acceptors (Lipinski definition) is 2. The molecule has 20 heavy (non-hydrogen) atoms. The number of carbonyl (C=O) groups is 2. The number of Topliss-reactive ketones (excluding diaryl/α,β-unsaturated/α-hetero) is 1. The van der Waals surface area contributed by atoms with E-state index in [1.807, 2.05) is 38.1 Å². The van der Waals surface area contributed by atoms with E-state index in [2.05, 4.69) is 15.9 Å². The Morgan fingerprint density at radius 3 is 2.85 bits per heavy atom. The maximum absolute atomic E-state index is 12.4. The number of carbonyl (C=O) groups excluding carboxylic acids is 2. The van der Waals surface area contributed by atoms with E-state index in [4.69, 9.17) is 0 Å². The van der Waals surface area contributed by atoms with Crippen molar-refractivity contribution in [2.24, 2.45) is 0 Å². The van der Waals surface area contributed by atoms with Crippen molar-refractivity contribution in [3.8, 4) is 0 Å². The van der Waals surface area contributed by atoms with Gasteiger partial charge in [-0.1, -0.05) is 28.1 Å². The molecular formula is C16H20BrNO2. The number of nitrogens with zero attached hydrogens (tertiary/aromatic N) is 1. The summed E-state index contributed by atoms with van der Waals surface area (Å²) < 4.78 is 1.02. The number of piperidine rings is 1. The van der Waals surface area contributed by atoms with Crippen molar-refractivity contribution in [1.82, 2.24) is 4.90 Å². The average Bonchev–Trinajstić information content (AvgIpc) is 2.39. The average molecular weight is 338 g/mol. The van der Waals surface area contributed by atoms with Crippen LogP contribution in [0.5, 0.6) is 0 Å². The zero-order valence-corrected chi connectivity index (χ0v) is 13.6. The van der Waals surface area contributed by atoms with Gasteiger partial charge in [0, 0.05) is 23.9 Å². The van der Waals surface area contributed by atoms with Crippen LogP contribution in [0.1, 0.15) is 38.7 Å². The lowest BCUT2D eigenvalue weighted by Crippen LogP contribution is -2.56. The molecule has 1 saturated heterocycles. The Morgan fingerprint density at radius 1 is 1.40 bits per heavy atom. The number of rotatable bonds is 3. The first kappa shape index (κ1) is 15.2. The minimum absolute atomic E-state index is 0.0722. The number of ketones is 1. The van der Waals surface area contributed by atoms with Gasteiger partial charge >= 0.3 is 0 Å². The van der Waals surface area contributed by atoms with Crippen LogP contribution in [-0.4, -0.2) is 28.7 Å². The van der Waals surface area contributed by atoms with Crippen LogP contribution in [0.25, 0.3) is 0 Å². The molecule has 4 heteroatoms. The van der Waals surface area contributed by atoms with Gasteiger partial charge in [-0.15, -0.1) is 0 Å². The summed E-state index contributed by atoms with van der Waals surface area (Å²) in [4.78, 5) is 26.1. The summed E-state index contributed by atoms with van der Waals surface area (Å²) >= 11 is 3.43. The first-order valence-corrected chi connectivity index (χ1v) is 7.79. The Bertz CT molecular complexity index is 525. The smallest absolute Gasteiger partial charge is 0.223 e. The Balaban J connectivity index is 1.99. The summed E-state index contributed by atoms with van der Waals surface area (Å²) in [6, 6.07) is 7.99. The fraction of sp³-hybridized carbons (Fsp3) is 0.500. The molecular weight excluding hydrogens is 318 g/mol. The van der Waals surface area contributed by atoms with E-state index >= 15 is 0 Å². The van der Waals surface area contributed by atoms with Crippen LogP contribution >= 0.6 is 15.9 Å². The number of likely N-dealkylation sites (tertiary alicyclic amines) is 1. The Labute approximate surface area is 128 Å². The second-order valence-electron chi connectivity index (χ2n) is 5.76. The predicted molar refractivity (Wildman–Crippen MR) is 82.5 cm³/mol. The summed E-state index contributed by atoms with van der Waals surface area (Å²) in [7, 11) is 0. The third kappa shape index (κ3) is 3.29. The van der Waals surface area contributed by atoms with E-state index in [1.165, 1.54) is 0 Å². The van der Waals surface area contributed by atoms with Gasteiger partial charge in [-0.05, 0) is 44.4 Å². The van der Waals surface area contributed by atoms with E-state index < -0.39 is 5.54 Å². The van der Waals surface area contributed by atoms with Crippen LogP contribution in [0.15, 0.2) is 28.7 Å². The third-order valence-electron chi connectivity index (χ3n) is 3.96. The lowest BCUT2D eigenvalue weighted by molar-refractivity contribution is -0.148. The lowest BCUT2D eigenvalue weighted by Gasteiger charge is -2.41. The highest BCUT2D eigenvalue weighted by Crippen LogP contribution is 2.25. The fourth-order valence-corrected chi connectivity index (χ4v) is 3.10. The summed E-state index contributed by atoms with van der Waals surface area (Å²) in [6.07, 6.45) is 2.53. The lowest BCUT2D eigenvalue weighted by atomic mass is 9.88. The topological polar surface area (TPSA) is 37.4 Å². The normalized spacial score (nSPS) is 18.1. The monoisotopic (exact) mass is 337 g/mol. The molecule has 1 aromatic rings. The van der Waals surface area contributed by atoms with Crippen LogP contribution in [0, 0.1) is 0 Å². The Kier molecular flexibility index (Phi) is 4.63. The minimum atomic E-state index is -0.646. The molecule has 1 aromatic carbocycles. The maximum atomic E-state index is 12.4. The SMILES string of the molecule is CC1(C)C(=O)CCCN1C(=O)CCc1cccc(Br)c1. The van der Waals surface area contributed by atoms with Gasteiger partial charge in [-0.2, -0.15) is 0 Å². The molecule has 0 radical (unpaired) electrons. The van der Waals surface area contributed by atoms with Crippen LogP contribution < -0.4 is 0 Å². The number of amides is 1. The number of aryl methyl sites for hydroxylation is 1. The van der Waals surface area contributed by atoms with E-state index in [-0.39, 0.29) is 11.7 Å². The molecule has 0 aliphatic carbocycles. The molecule has 0 saturated carbocycles. The maximum Gasteiger partial charge on any atom is 0.223 e. The van der Waals surface area contributed by atoms with Crippen molar-refractivity contribution in [3.63, 3.8) is 0 Å². The molecule has 1 aliphatic heterocycles. The van der Waals surface area contributed by atoms with Crippen molar-refractivity contribution < 1.29 is 9.59 Å². The van der Waals surface area contributed by atoms with Crippen LogP contribution in [-0.2, 0) is 16.0 Å². The van der Waals surface area contributed by atoms with E-state index in [0.717, 1.165) is 16.5 Å². The van der Waals surface area contributed by atoms with Crippen molar-refractivity contribution in [2.75, 3.05) is 6.54 Å². The van der Waals surface area contributed by atoms with Gasteiger partial charge in [-0.25, -0.2) is 0 Å². The molecule has 2 rings (SSSR count). The van der Waals surface area contributed by atoms with Crippen molar-refractivity contribution in [2.45, 2.75) is 45.1 Å².